The second-order valence-corrected chi connectivity index (χ2v) is 2.81. The van der Waals surface area contributed by atoms with Crippen LogP contribution in [0, 0.1) is 0 Å². The lowest BCUT2D eigenvalue weighted by Crippen LogP contribution is -2.40. The van der Waals surface area contributed by atoms with Crippen molar-refractivity contribution in [2.24, 2.45) is 0 Å². The van der Waals surface area contributed by atoms with Crippen LogP contribution < -0.4 is 10.6 Å². The highest BCUT2D eigenvalue weighted by Crippen LogP contribution is 1.86. The van der Waals surface area contributed by atoms with Crippen molar-refractivity contribution in [1.29, 1.82) is 0 Å². The van der Waals surface area contributed by atoms with Gasteiger partial charge in [0.15, 0.2) is 5.11 Å². The van der Waals surface area contributed by atoms with Gasteiger partial charge < -0.3 is 10.6 Å². The van der Waals surface area contributed by atoms with Crippen LogP contribution in [0.15, 0.2) is 0 Å². The van der Waals surface area contributed by atoms with Crippen LogP contribution in [0.2, 0.25) is 0 Å². The van der Waals surface area contributed by atoms with Gasteiger partial charge in [0.05, 0.1) is 0 Å². The molecular weight excluding hydrogens is 163 g/mol. The van der Waals surface area contributed by atoms with Crippen molar-refractivity contribution in [3.05, 3.63) is 0 Å². The van der Waals surface area contributed by atoms with E-state index in [2.05, 4.69) is 17.6 Å². The molecular formula is C7H15FN2S. The lowest BCUT2D eigenvalue weighted by atomic mass is 10.3. The molecule has 2 N–H and O–H groups in total. The van der Waals surface area contributed by atoms with Crippen LogP contribution in [0.3, 0.4) is 0 Å². The molecule has 0 fully saturated rings. The highest BCUT2D eigenvalue weighted by atomic mass is 32.1. The Morgan fingerprint density at radius 3 is 2.73 bits per heavy atom. The van der Waals surface area contributed by atoms with E-state index in [9.17, 15) is 4.39 Å². The van der Waals surface area contributed by atoms with Crippen molar-refractivity contribution >= 4 is 17.3 Å². The van der Waals surface area contributed by atoms with Gasteiger partial charge >= 0.3 is 0 Å². The summed E-state index contributed by atoms with van der Waals surface area (Å²) in [5, 5.41) is 6.30. The maximum absolute atomic E-state index is 11.6. The van der Waals surface area contributed by atoms with Crippen LogP contribution in [-0.2, 0) is 0 Å². The van der Waals surface area contributed by atoms with Crippen LogP contribution in [0.5, 0.6) is 0 Å². The zero-order chi connectivity index (χ0) is 8.69. The van der Waals surface area contributed by atoms with Gasteiger partial charge in [-0.15, -0.1) is 0 Å². The van der Waals surface area contributed by atoms with E-state index in [-0.39, 0.29) is 6.67 Å². The van der Waals surface area contributed by atoms with Crippen molar-refractivity contribution in [2.45, 2.75) is 26.3 Å². The number of rotatable bonds is 4. The fourth-order valence-electron chi connectivity index (χ4n) is 0.538. The smallest absolute Gasteiger partial charge is 0.166 e. The minimum atomic E-state index is -0.387. The molecule has 2 nitrogen and oxygen atoms in total. The second kappa shape index (κ2) is 6.34. The molecule has 0 saturated carbocycles. The molecule has 0 radical (unpaired) electrons. The number of nitrogens with one attached hydrogen (secondary N) is 2. The van der Waals surface area contributed by atoms with Crippen LogP contribution in [-0.4, -0.2) is 24.4 Å². The fraction of sp³-hybridized carbons (Fsp3) is 0.857. The van der Waals surface area contributed by atoms with Gasteiger partial charge in [0, 0.05) is 12.6 Å². The Morgan fingerprint density at radius 2 is 2.27 bits per heavy atom. The van der Waals surface area contributed by atoms with Gasteiger partial charge in [-0.25, -0.2) is 4.39 Å². The Bertz CT molecular complexity index is 119. The normalized spacial score (nSPS) is 12.3. The SMILES string of the molecule is CCC(C)NC(=S)NCCF. The largest absolute Gasteiger partial charge is 0.360 e. The van der Waals surface area contributed by atoms with Crippen LogP contribution >= 0.6 is 12.2 Å². The van der Waals surface area contributed by atoms with E-state index in [1.165, 1.54) is 0 Å². The van der Waals surface area contributed by atoms with E-state index < -0.39 is 0 Å². The third kappa shape index (κ3) is 6.04. The van der Waals surface area contributed by atoms with Crippen LogP contribution in [0.4, 0.5) is 4.39 Å². The third-order valence-electron chi connectivity index (χ3n) is 1.37. The van der Waals surface area contributed by atoms with E-state index in [4.69, 9.17) is 12.2 Å². The van der Waals surface area contributed by atoms with Crippen LogP contribution in [0.1, 0.15) is 20.3 Å². The zero-order valence-corrected chi connectivity index (χ0v) is 7.80. The molecule has 0 amide bonds. The Labute approximate surface area is 72.6 Å². The van der Waals surface area contributed by atoms with E-state index in [0.29, 0.717) is 17.7 Å². The minimum Gasteiger partial charge on any atom is -0.360 e. The predicted octanol–water partition coefficient (Wildman–Crippen LogP) is 1.22. The molecule has 0 aromatic carbocycles. The van der Waals surface area contributed by atoms with Gasteiger partial charge in [0.25, 0.3) is 0 Å². The predicted molar refractivity (Wildman–Crippen MR) is 49.5 cm³/mol. The van der Waals surface area contributed by atoms with Gasteiger partial charge in [-0.05, 0) is 25.6 Å². The van der Waals surface area contributed by atoms with Gasteiger partial charge in [0.1, 0.15) is 6.67 Å². The fourth-order valence-corrected chi connectivity index (χ4v) is 0.841. The summed E-state index contributed by atoms with van der Waals surface area (Å²) in [6, 6.07) is 0.356. The van der Waals surface area contributed by atoms with Gasteiger partial charge in [0.2, 0.25) is 0 Å². The molecule has 1 unspecified atom stereocenters. The average molecular weight is 178 g/mol. The molecule has 0 aromatic heterocycles. The lowest BCUT2D eigenvalue weighted by molar-refractivity contribution is 0.488. The molecule has 0 aliphatic heterocycles. The Hall–Kier alpha value is -0.380. The quantitative estimate of drug-likeness (QED) is 0.633. The molecule has 0 aromatic rings. The minimum absolute atomic E-state index is 0.294. The topological polar surface area (TPSA) is 24.1 Å². The maximum atomic E-state index is 11.6. The molecule has 0 saturated heterocycles. The zero-order valence-electron chi connectivity index (χ0n) is 6.98. The summed E-state index contributed by atoms with van der Waals surface area (Å²) in [5.74, 6) is 0. The first-order chi connectivity index (χ1) is 5.20. The van der Waals surface area contributed by atoms with Gasteiger partial charge in [-0.3, -0.25) is 0 Å². The summed E-state index contributed by atoms with van der Waals surface area (Å²) in [7, 11) is 0. The molecule has 1 atom stereocenters. The molecule has 0 spiro atoms. The van der Waals surface area contributed by atoms with Crippen LogP contribution in [0.25, 0.3) is 0 Å². The number of hydrogen-bond acceptors (Lipinski definition) is 1. The number of hydrogen-bond donors (Lipinski definition) is 2. The molecule has 0 aliphatic rings. The van der Waals surface area contributed by atoms with E-state index in [0.717, 1.165) is 6.42 Å². The summed E-state index contributed by atoms with van der Waals surface area (Å²) in [4.78, 5) is 0. The summed E-state index contributed by atoms with van der Waals surface area (Å²) < 4.78 is 11.6. The van der Waals surface area contributed by atoms with Crippen molar-refractivity contribution in [2.75, 3.05) is 13.2 Å². The van der Waals surface area contributed by atoms with E-state index >= 15 is 0 Å². The number of halogens is 1. The second-order valence-electron chi connectivity index (χ2n) is 2.40. The summed E-state index contributed by atoms with van der Waals surface area (Å²) in [5.41, 5.74) is 0. The highest BCUT2D eigenvalue weighted by Gasteiger charge is 1.99. The maximum Gasteiger partial charge on any atom is 0.166 e. The Morgan fingerprint density at radius 1 is 1.64 bits per heavy atom. The number of thiocarbonyl (C=S) groups is 1. The average Bonchev–Trinajstić information content (AvgIpc) is 2.00. The first-order valence-corrected chi connectivity index (χ1v) is 4.21. The first-order valence-electron chi connectivity index (χ1n) is 3.81. The van der Waals surface area contributed by atoms with Crippen molar-refractivity contribution in [3.63, 3.8) is 0 Å². The molecule has 11 heavy (non-hydrogen) atoms. The van der Waals surface area contributed by atoms with Crippen molar-refractivity contribution in [3.8, 4) is 0 Å². The highest BCUT2D eigenvalue weighted by molar-refractivity contribution is 7.80. The van der Waals surface area contributed by atoms with Crippen molar-refractivity contribution < 1.29 is 4.39 Å². The van der Waals surface area contributed by atoms with Gasteiger partial charge in [-0.2, -0.15) is 0 Å². The molecule has 0 bridgehead atoms. The first kappa shape index (κ1) is 10.6. The third-order valence-corrected chi connectivity index (χ3v) is 1.63. The van der Waals surface area contributed by atoms with Crippen molar-refractivity contribution in [1.82, 2.24) is 10.6 Å². The Kier molecular flexibility index (Phi) is 6.12. The Balaban J connectivity index is 3.36. The molecule has 0 heterocycles. The van der Waals surface area contributed by atoms with Gasteiger partial charge in [-0.1, -0.05) is 6.92 Å². The molecule has 4 heteroatoms. The summed E-state index contributed by atoms with van der Waals surface area (Å²) in [6.45, 7) is 4.00. The molecule has 0 rings (SSSR count). The molecule has 0 aliphatic carbocycles. The summed E-state index contributed by atoms with van der Waals surface area (Å²) in [6.07, 6.45) is 1.01. The van der Waals surface area contributed by atoms with E-state index in [1.807, 2.05) is 6.92 Å². The number of alkyl halides is 1. The standard InChI is InChI=1S/C7H15FN2S/c1-3-6(2)10-7(11)9-5-4-8/h6H,3-5H2,1-2H3,(H2,9,10,11). The van der Waals surface area contributed by atoms with E-state index in [1.54, 1.807) is 0 Å². The summed E-state index contributed by atoms with van der Waals surface area (Å²) >= 11 is 4.87. The monoisotopic (exact) mass is 178 g/mol. The molecule has 66 valence electrons. The lowest BCUT2D eigenvalue weighted by Gasteiger charge is -2.14.